The van der Waals surface area contributed by atoms with Gasteiger partial charge in [-0.05, 0) is 57.0 Å². The van der Waals surface area contributed by atoms with Gasteiger partial charge in [0.05, 0.1) is 16.3 Å². The van der Waals surface area contributed by atoms with Crippen LogP contribution in [0.2, 0.25) is 0 Å². The first-order chi connectivity index (χ1) is 14.1. The summed E-state index contributed by atoms with van der Waals surface area (Å²) in [6.07, 6.45) is 2.93. The van der Waals surface area contributed by atoms with Crippen LogP contribution in [-0.2, 0) is 4.79 Å². The number of urea groups is 1. The molecule has 5 rings (SSSR count). The quantitative estimate of drug-likeness (QED) is 0.606. The number of nitrogens with zero attached hydrogens (tertiary/aromatic N) is 1. The van der Waals surface area contributed by atoms with Crippen LogP contribution in [0.5, 0.6) is 0 Å². The van der Waals surface area contributed by atoms with Crippen LogP contribution >= 0.6 is 11.8 Å². The van der Waals surface area contributed by atoms with E-state index < -0.39 is 0 Å². The zero-order chi connectivity index (χ0) is 20.0. The Labute approximate surface area is 175 Å². The van der Waals surface area contributed by atoms with Crippen molar-refractivity contribution in [3.63, 3.8) is 0 Å². The molecule has 4 atom stereocenters. The lowest BCUT2D eigenvalue weighted by Crippen LogP contribution is -2.62. The summed E-state index contributed by atoms with van der Waals surface area (Å²) in [5, 5.41) is 13.2. The predicted octanol–water partition coefficient (Wildman–Crippen LogP) is 1.66. The number of carbonyl (C=O) groups is 2. The normalized spacial score (nSPS) is 31.3. The van der Waals surface area contributed by atoms with E-state index in [1.54, 1.807) is 11.8 Å². The maximum absolute atomic E-state index is 13.1. The third-order valence-corrected chi connectivity index (χ3v) is 7.61. The molecule has 4 aliphatic heterocycles. The molecule has 1 aromatic rings. The SMILES string of the molecule is Cc1cccc(N2C(=O)NC3=C(C(=O)N[C@@H]4CCCNC4)SC4NCCC2C34)c1. The maximum Gasteiger partial charge on any atom is 0.326 e. The molecule has 154 valence electrons. The Morgan fingerprint density at radius 2 is 2.17 bits per heavy atom. The van der Waals surface area contributed by atoms with Gasteiger partial charge in [0.1, 0.15) is 0 Å². The number of hydrogen-bond donors (Lipinski definition) is 4. The van der Waals surface area contributed by atoms with Gasteiger partial charge < -0.3 is 21.3 Å². The van der Waals surface area contributed by atoms with E-state index in [9.17, 15) is 9.59 Å². The van der Waals surface area contributed by atoms with Crippen molar-refractivity contribution in [3.8, 4) is 0 Å². The molecular formula is C21H27N5O2S. The zero-order valence-electron chi connectivity index (χ0n) is 16.5. The number of hydrogen-bond acceptors (Lipinski definition) is 5. The second kappa shape index (κ2) is 7.66. The van der Waals surface area contributed by atoms with Gasteiger partial charge in [-0.25, -0.2) is 4.79 Å². The molecule has 3 amide bonds. The van der Waals surface area contributed by atoms with E-state index in [-0.39, 0.29) is 35.3 Å². The molecule has 0 aliphatic carbocycles. The van der Waals surface area contributed by atoms with Crippen LogP contribution in [-0.4, -0.2) is 49.0 Å². The summed E-state index contributed by atoms with van der Waals surface area (Å²) in [5.41, 5.74) is 2.85. The first-order valence-electron chi connectivity index (χ1n) is 10.4. The van der Waals surface area contributed by atoms with Gasteiger partial charge >= 0.3 is 6.03 Å². The largest absolute Gasteiger partial charge is 0.348 e. The topological polar surface area (TPSA) is 85.5 Å². The van der Waals surface area contributed by atoms with Crippen molar-refractivity contribution in [3.05, 3.63) is 40.4 Å². The van der Waals surface area contributed by atoms with Crippen molar-refractivity contribution in [2.45, 2.75) is 43.6 Å². The molecule has 3 fully saturated rings. The Morgan fingerprint density at radius 1 is 1.28 bits per heavy atom. The molecule has 3 saturated heterocycles. The van der Waals surface area contributed by atoms with Crippen molar-refractivity contribution in [1.29, 1.82) is 0 Å². The van der Waals surface area contributed by atoms with Crippen LogP contribution < -0.4 is 26.2 Å². The van der Waals surface area contributed by atoms with Gasteiger partial charge in [-0.3, -0.25) is 9.69 Å². The summed E-state index contributed by atoms with van der Waals surface area (Å²) >= 11 is 1.56. The van der Waals surface area contributed by atoms with Crippen LogP contribution in [0.3, 0.4) is 0 Å². The zero-order valence-corrected chi connectivity index (χ0v) is 17.3. The second-order valence-corrected chi connectivity index (χ2v) is 9.42. The van der Waals surface area contributed by atoms with Crippen LogP contribution in [0, 0.1) is 12.8 Å². The van der Waals surface area contributed by atoms with Gasteiger partial charge in [-0.1, -0.05) is 23.9 Å². The molecule has 4 heterocycles. The molecule has 0 aromatic heterocycles. The fraction of sp³-hybridized carbons (Fsp3) is 0.524. The van der Waals surface area contributed by atoms with Gasteiger partial charge in [-0.2, -0.15) is 0 Å². The molecule has 4 N–H and O–H groups in total. The van der Waals surface area contributed by atoms with Crippen molar-refractivity contribution in [2.24, 2.45) is 5.92 Å². The van der Waals surface area contributed by atoms with Crippen molar-refractivity contribution in [1.82, 2.24) is 21.3 Å². The summed E-state index contributed by atoms with van der Waals surface area (Å²) in [6.45, 7) is 4.69. The van der Waals surface area contributed by atoms with Gasteiger partial charge in [0.25, 0.3) is 5.91 Å². The molecule has 1 aromatic carbocycles. The Bertz CT molecular complexity index is 866. The van der Waals surface area contributed by atoms with Crippen LogP contribution in [0.4, 0.5) is 10.5 Å². The average Bonchev–Trinajstić information content (AvgIpc) is 3.09. The van der Waals surface area contributed by atoms with E-state index in [1.807, 2.05) is 30.0 Å². The molecule has 4 aliphatic rings. The third-order valence-electron chi connectivity index (χ3n) is 6.26. The standard InChI is InChI=1S/C21H27N5O2S/c1-12-4-2-6-14(10-12)26-15-7-9-23-20-16(15)17(25-21(26)28)18(29-20)19(27)24-13-5-3-8-22-11-13/h2,4,6,10,13,15-16,20,22-23H,3,5,7-9,11H2,1H3,(H,24,27)(H,25,28)/t13-,15?,16?,20?/m1/s1. The van der Waals surface area contributed by atoms with E-state index in [0.29, 0.717) is 4.91 Å². The lowest BCUT2D eigenvalue weighted by molar-refractivity contribution is -0.117. The molecule has 0 saturated carbocycles. The number of rotatable bonds is 3. The number of benzene rings is 1. The number of carbonyl (C=O) groups excluding carboxylic acids is 2. The first-order valence-corrected chi connectivity index (χ1v) is 11.3. The van der Waals surface area contributed by atoms with Gasteiger partial charge in [-0.15, -0.1) is 0 Å². The van der Waals surface area contributed by atoms with E-state index >= 15 is 0 Å². The Hall–Kier alpha value is -2.03. The highest BCUT2D eigenvalue weighted by Crippen LogP contribution is 2.47. The third kappa shape index (κ3) is 3.43. The lowest BCUT2D eigenvalue weighted by Gasteiger charge is -2.45. The second-order valence-electron chi connectivity index (χ2n) is 8.27. The summed E-state index contributed by atoms with van der Waals surface area (Å²) in [4.78, 5) is 28.7. The van der Waals surface area contributed by atoms with Crippen molar-refractivity contribution < 1.29 is 9.59 Å². The predicted molar refractivity (Wildman–Crippen MR) is 115 cm³/mol. The van der Waals surface area contributed by atoms with E-state index in [2.05, 4.69) is 27.3 Å². The minimum atomic E-state index is -0.139. The smallest absolute Gasteiger partial charge is 0.326 e. The molecule has 0 spiro atoms. The molecular weight excluding hydrogens is 386 g/mol. The summed E-state index contributed by atoms with van der Waals surface area (Å²) in [6, 6.07) is 8.14. The number of aryl methyl sites for hydroxylation is 1. The van der Waals surface area contributed by atoms with Crippen LogP contribution in [0.15, 0.2) is 34.9 Å². The number of amides is 3. The van der Waals surface area contributed by atoms with Gasteiger partial charge in [0, 0.05) is 29.9 Å². The lowest BCUT2D eigenvalue weighted by atomic mass is 9.86. The highest BCUT2D eigenvalue weighted by Gasteiger charge is 2.51. The minimum absolute atomic E-state index is 0.0564. The fourth-order valence-corrected chi connectivity index (χ4v) is 6.33. The Balaban J connectivity index is 1.44. The Morgan fingerprint density at radius 3 is 2.97 bits per heavy atom. The maximum atomic E-state index is 13.1. The van der Waals surface area contributed by atoms with Gasteiger partial charge in [0.15, 0.2) is 0 Å². The van der Waals surface area contributed by atoms with Crippen LogP contribution in [0.1, 0.15) is 24.8 Å². The molecule has 8 heteroatoms. The molecule has 0 bridgehead atoms. The molecule has 3 unspecified atom stereocenters. The monoisotopic (exact) mass is 413 g/mol. The number of thioether (sulfide) groups is 1. The highest BCUT2D eigenvalue weighted by atomic mass is 32.2. The Kier molecular flexibility index (Phi) is 5.01. The van der Waals surface area contributed by atoms with E-state index in [1.165, 1.54) is 0 Å². The summed E-state index contributed by atoms with van der Waals surface area (Å²) in [7, 11) is 0. The summed E-state index contributed by atoms with van der Waals surface area (Å²) in [5.74, 6) is 0.0372. The first kappa shape index (κ1) is 19.0. The number of piperidine rings is 2. The van der Waals surface area contributed by atoms with Crippen LogP contribution in [0.25, 0.3) is 0 Å². The van der Waals surface area contributed by atoms with Crippen molar-refractivity contribution >= 4 is 29.4 Å². The average molecular weight is 414 g/mol. The van der Waals surface area contributed by atoms with E-state index in [0.717, 1.165) is 55.8 Å². The van der Waals surface area contributed by atoms with Crippen molar-refractivity contribution in [2.75, 3.05) is 24.5 Å². The minimum Gasteiger partial charge on any atom is -0.348 e. The molecule has 0 radical (unpaired) electrons. The fourth-order valence-electron chi connectivity index (χ4n) is 4.93. The van der Waals surface area contributed by atoms with Gasteiger partial charge in [0.2, 0.25) is 0 Å². The van der Waals surface area contributed by atoms with E-state index in [4.69, 9.17) is 0 Å². The highest BCUT2D eigenvalue weighted by molar-refractivity contribution is 8.04. The molecule has 29 heavy (non-hydrogen) atoms. The molecule has 7 nitrogen and oxygen atoms in total. The number of anilines is 1. The number of nitrogens with one attached hydrogen (secondary N) is 4. The summed E-state index contributed by atoms with van der Waals surface area (Å²) < 4.78 is 0.